The van der Waals surface area contributed by atoms with Crippen LogP contribution in [0, 0.1) is 5.92 Å². The number of nitrogens with one attached hydrogen (secondary N) is 1. The van der Waals surface area contributed by atoms with Gasteiger partial charge < -0.3 is 9.88 Å². The predicted octanol–water partition coefficient (Wildman–Crippen LogP) is 3.20. The Morgan fingerprint density at radius 2 is 1.95 bits per heavy atom. The van der Waals surface area contributed by atoms with Gasteiger partial charge in [-0.25, -0.2) is 4.98 Å². The van der Waals surface area contributed by atoms with Gasteiger partial charge in [0.25, 0.3) is 0 Å². The summed E-state index contributed by atoms with van der Waals surface area (Å²) in [6.45, 7) is 3.32. The van der Waals surface area contributed by atoms with Crippen molar-refractivity contribution in [3.05, 3.63) is 41.8 Å². The second-order valence-corrected chi connectivity index (χ2v) is 5.57. The van der Waals surface area contributed by atoms with Crippen molar-refractivity contribution in [2.45, 2.75) is 19.4 Å². The first-order chi connectivity index (χ1) is 9.33. The Bertz CT molecular complexity index is 527. The highest BCUT2D eigenvalue weighted by atomic mass is 35.5. The van der Waals surface area contributed by atoms with Crippen LogP contribution in [0.2, 0.25) is 5.02 Å². The van der Waals surface area contributed by atoms with E-state index in [2.05, 4.69) is 27.0 Å². The fraction of sp³-hybridized carbons (Fsp3) is 0.400. The molecule has 0 unspecified atom stereocenters. The van der Waals surface area contributed by atoms with E-state index in [1.165, 1.54) is 24.1 Å². The molecule has 0 radical (unpaired) electrons. The van der Waals surface area contributed by atoms with Gasteiger partial charge in [0.1, 0.15) is 0 Å². The summed E-state index contributed by atoms with van der Waals surface area (Å²) in [5, 5.41) is 4.18. The zero-order valence-electron chi connectivity index (χ0n) is 10.8. The molecule has 1 aromatic heterocycles. The van der Waals surface area contributed by atoms with Gasteiger partial charge in [0.2, 0.25) is 0 Å². The largest absolute Gasteiger partial charge is 0.330 e. The molecule has 0 bridgehead atoms. The topological polar surface area (TPSA) is 29.9 Å². The highest BCUT2D eigenvalue weighted by molar-refractivity contribution is 6.30. The molecule has 100 valence electrons. The predicted molar refractivity (Wildman–Crippen MR) is 78.3 cm³/mol. The van der Waals surface area contributed by atoms with Gasteiger partial charge >= 0.3 is 0 Å². The van der Waals surface area contributed by atoms with Crippen LogP contribution in [0.4, 0.5) is 0 Å². The van der Waals surface area contributed by atoms with E-state index in [1.54, 1.807) is 0 Å². The lowest BCUT2D eigenvalue weighted by molar-refractivity contribution is 0.334. The van der Waals surface area contributed by atoms with Crippen LogP contribution >= 0.6 is 11.6 Å². The third-order valence-electron chi connectivity index (χ3n) is 3.77. The van der Waals surface area contributed by atoms with Gasteiger partial charge in [-0.1, -0.05) is 23.7 Å². The fourth-order valence-electron chi connectivity index (χ4n) is 2.67. The highest BCUT2D eigenvalue weighted by Crippen LogP contribution is 2.23. The Labute approximate surface area is 118 Å². The van der Waals surface area contributed by atoms with Gasteiger partial charge in [-0.3, -0.25) is 0 Å². The lowest BCUT2D eigenvalue weighted by atomic mass is 9.98. The molecule has 1 N–H and O–H groups in total. The molecule has 0 spiro atoms. The number of hydrogen-bond acceptors (Lipinski definition) is 2. The number of imidazole rings is 1. The summed E-state index contributed by atoms with van der Waals surface area (Å²) in [5.41, 5.74) is 2.35. The van der Waals surface area contributed by atoms with E-state index in [0.29, 0.717) is 0 Å². The van der Waals surface area contributed by atoms with Gasteiger partial charge in [0.15, 0.2) is 0 Å². The Morgan fingerprint density at radius 3 is 2.68 bits per heavy atom. The Hall–Kier alpha value is -1.32. The minimum atomic E-state index is 0.751. The molecule has 0 atom stereocenters. The van der Waals surface area contributed by atoms with Crippen LogP contribution < -0.4 is 5.32 Å². The second kappa shape index (κ2) is 5.76. The van der Waals surface area contributed by atoms with Gasteiger partial charge in [-0.2, -0.15) is 0 Å². The standard InChI is InChI=1S/C15H18ClN3/c16-14-3-1-13(2-4-14)15-9-18-11-19(15)10-12-5-7-17-8-6-12/h1-4,9,11-12,17H,5-8,10H2. The molecular weight excluding hydrogens is 258 g/mol. The van der Waals surface area contributed by atoms with Crippen LogP contribution in [0.3, 0.4) is 0 Å². The lowest BCUT2D eigenvalue weighted by Crippen LogP contribution is -2.29. The van der Waals surface area contributed by atoms with Crippen LogP contribution in [0.15, 0.2) is 36.8 Å². The lowest BCUT2D eigenvalue weighted by Gasteiger charge is -2.23. The third kappa shape index (κ3) is 2.99. The van der Waals surface area contributed by atoms with Crippen molar-refractivity contribution in [2.75, 3.05) is 13.1 Å². The van der Waals surface area contributed by atoms with Gasteiger partial charge in [0.05, 0.1) is 18.2 Å². The zero-order chi connectivity index (χ0) is 13.1. The maximum atomic E-state index is 5.94. The molecule has 2 aromatic rings. The van der Waals surface area contributed by atoms with Crippen molar-refractivity contribution >= 4 is 11.6 Å². The number of piperidine rings is 1. The summed E-state index contributed by atoms with van der Waals surface area (Å²) < 4.78 is 2.26. The molecule has 0 saturated carbocycles. The quantitative estimate of drug-likeness (QED) is 0.932. The van der Waals surface area contributed by atoms with E-state index < -0.39 is 0 Å². The number of aromatic nitrogens is 2. The van der Waals surface area contributed by atoms with Crippen LogP contribution in [0.25, 0.3) is 11.3 Å². The fourth-order valence-corrected chi connectivity index (χ4v) is 2.80. The summed E-state index contributed by atoms with van der Waals surface area (Å²) in [4.78, 5) is 4.30. The minimum Gasteiger partial charge on any atom is -0.330 e. The van der Waals surface area contributed by atoms with Crippen LogP contribution in [-0.2, 0) is 6.54 Å². The number of nitrogens with zero attached hydrogens (tertiary/aromatic N) is 2. The van der Waals surface area contributed by atoms with E-state index in [9.17, 15) is 0 Å². The van der Waals surface area contributed by atoms with Gasteiger partial charge in [-0.15, -0.1) is 0 Å². The van der Waals surface area contributed by atoms with E-state index >= 15 is 0 Å². The molecule has 3 nitrogen and oxygen atoms in total. The average molecular weight is 276 g/mol. The Kier molecular flexibility index (Phi) is 3.85. The zero-order valence-corrected chi connectivity index (χ0v) is 11.6. The molecular formula is C15H18ClN3. The number of rotatable bonds is 3. The Balaban J connectivity index is 1.79. The van der Waals surface area contributed by atoms with E-state index in [0.717, 1.165) is 30.6 Å². The molecule has 4 heteroatoms. The summed E-state index contributed by atoms with van der Waals surface area (Å²) >= 11 is 5.94. The molecule has 1 fully saturated rings. The summed E-state index contributed by atoms with van der Waals surface area (Å²) in [5.74, 6) is 0.751. The maximum Gasteiger partial charge on any atom is 0.0951 e. The molecule has 2 heterocycles. The van der Waals surface area contributed by atoms with Gasteiger partial charge in [0, 0.05) is 11.6 Å². The number of benzene rings is 1. The smallest absolute Gasteiger partial charge is 0.0951 e. The van der Waals surface area contributed by atoms with Crippen molar-refractivity contribution < 1.29 is 0 Å². The van der Waals surface area contributed by atoms with Crippen molar-refractivity contribution in [1.29, 1.82) is 0 Å². The van der Waals surface area contributed by atoms with Crippen LogP contribution in [-0.4, -0.2) is 22.6 Å². The van der Waals surface area contributed by atoms with Crippen LogP contribution in [0.1, 0.15) is 12.8 Å². The Morgan fingerprint density at radius 1 is 1.21 bits per heavy atom. The molecule has 1 aromatic carbocycles. The van der Waals surface area contributed by atoms with Crippen molar-refractivity contribution in [3.8, 4) is 11.3 Å². The summed E-state index contributed by atoms with van der Waals surface area (Å²) in [7, 11) is 0. The number of halogens is 1. The van der Waals surface area contributed by atoms with Crippen molar-refractivity contribution in [1.82, 2.24) is 14.9 Å². The number of hydrogen-bond donors (Lipinski definition) is 1. The van der Waals surface area contributed by atoms with Gasteiger partial charge in [-0.05, 0) is 49.5 Å². The third-order valence-corrected chi connectivity index (χ3v) is 4.02. The maximum absolute atomic E-state index is 5.94. The van der Waals surface area contributed by atoms with E-state index in [-0.39, 0.29) is 0 Å². The minimum absolute atomic E-state index is 0.751. The molecule has 1 saturated heterocycles. The SMILES string of the molecule is Clc1ccc(-c2cncn2CC2CCNCC2)cc1. The van der Waals surface area contributed by atoms with E-state index in [4.69, 9.17) is 11.6 Å². The first kappa shape index (κ1) is 12.7. The van der Waals surface area contributed by atoms with Crippen molar-refractivity contribution in [2.24, 2.45) is 5.92 Å². The van der Waals surface area contributed by atoms with Crippen molar-refractivity contribution in [3.63, 3.8) is 0 Å². The van der Waals surface area contributed by atoms with E-state index in [1.807, 2.05) is 24.7 Å². The first-order valence-corrected chi connectivity index (χ1v) is 7.17. The monoisotopic (exact) mass is 275 g/mol. The molecule has 19 heavy (non-hydrogen) atoms. The second-order valence-electron chi connectivity index (χ2n) is 5.13. The molecule has 0 aliphatic carbocycles. The average Bonchev–Trinajstić information content (AvgIpc) is 2.89. The summed E-state index contributed by atoms with van der Waals surface area (Å²) in [6.07, 6.45) is 6.37. The molecule has 0 amide bonds. The first-order valence-electron chi connectivity index (χ1n) is 6.80. The summed E-state index contributed by atoms with van der Waals surface area (Å²) in [6, 6.07) is 7.97. The van der Waals surface area contributed by atoms with Crippen LogP contribution in [0.5, 0.6) is 0 Å². The highest BCUT2D eigenvalue weighted by Gasteiger charge is 2.15. The normalized spacial score (nSPS) is 16.7. The molecule has 3 rings (SSSR count). The molecule has 1 aliphatic rings. The molecule has 1 aliphatic heterocycles.